The van der Waals surface area contributed by atoms with E-state index in [2.05, 4.69) is 5.32 Å². The number of carbonyl (C=O) groups is 3. The van der Waals surface area contributed by atoms with E-state index in [4.69, 9.17) is 9.47 Å². The molecule has 1 aromatic carbocycles. The van der Waals surface area contributed by atoms with Gasteiger partial charge in [0.15, 0.2) is 0 Å². The van der Waals surface area contributed by atoms with E-state index in [-0.39, 0.29) is 12.5 Å². The van der Waals surface area contributed by atoms with Crippen molar-refractivity contribution >= 4 is 18.0 Å². The van der Waals surface area contributed by atoms with Crippen LogP contribution in [0.3, 0.4) is 0 Å². The van der Waals surface area contributed by atoms with Gasteiger partial charge in [0.25, 0.3) is 0 Å². The number of nitrogens with one attached hydrogen (secondary N) is 1. The number of rotatable bonds is 8. The Kier molecular flexibility index (Phi) is 8.96. The Labute approximate surface area is 167 Å². The van der Waals surface area contributed by atoms with Crippen LogP contribution in [0.25, 0.3) is 0 Å². The molecule has 0 aliphatic rings. The highest BCUT2D eigenvalue weighted by atomic mass is 16.6. The molecule has 2 unspecified atom stereocenters. The molecular formula is C21H32N2O5. The first-order chi connectivity index (χ1) is 13.1. The third-order valence-corrected chi connectivity index (χ3v) is 4.11. The summed E-state index contributed by atoms with van der Waals surface area (Å²) in [5, 5.41) is 2.62. The van der Waals surface area contributed by atoms with Crippen molar-refractivity contribution in [1.82, 2.24) is 10.2 Å². The first kappa shape index (κ1) is 23.5. The first-order valence-corrected chi connectivity index (χ1v) is 9.54. The number of ether oxygens (including phenoxy) is 2. The van der Waals surface area contributed by atoms with Gasteiger partial charge in [0, 0.05) is 6.54 Å². The van der Waals surface area contributed by atoms with Crippen LogP contribution in [-0.4, -0.2) is 47.7 Å². The number of benzene rings is 1. The van der Waals surface area contributed by atoms with Gasteiger partial charge in [0.1, 0.15) is 17.7 Å². The maximum Gasteiger partial charge on any atom is 0.408 e. The van der Waals surface area contributed by atoms with Crippen LogP contribution >= 0.6 is 0 Å². The number of carbonyl (C=O) groups excluding carboxylic acids is 3. The van der Waals surface area contributed by atoms with E-state index in [1.165, 1.54) is 12.0 Å². The molecule has 0 heterocycles. The Hall–Kier alpha value is -2.57. The molecule has 28 heavy (non-hydrogen) atoms. The van der Waals surface area contributed by atoms with Crippen LogP contribution in [0.2, 0.25) is 0 Å². The lowest BCUT2D eigenvalue weighted by Crippen LogP contribution is -2.54. The highest BCUT2D eigenvalue weighted by Gasteiger charge is 2.34. The molecule has 0 aliphatic heterocycles. The molecule has 0 aromatic heterocycles. The van der Waals surface area contributed by atoms with Crippen LogP contribution in [0.4, 0.5) is 4.79 Å². The highest BCUT2D eigenvalue weighted by Crippen LogP contribution is 2.16. The number of amides is 2. The molecule has 1 aromatic rings. The number of hydrogen-bond donors (Lipinski definition) is 1. The SMILES string of the molecule is CCC(NC(=O)OC(C)(C)C)C(=O)N(Cc1ccccc1)C(CC)C(=O)OC. The van der Waals surface area contributed by atoms with E-state index in [9.17, 15) is 14.4 Å². The van der Waals surface area contributed by atoms with Crippen LogP contribution < -0.4 is 5.32 Å². The van der Waals surface area contributed by atoms with Gasteiger partial charge in [0.2, 0.25) is 5.91 Å². The summed E-state index contributed by atoms with van der Waals surface area (Å²) in [7, 11) is 1.30. The lowest BCUT2D eigenvalue weighted by Gasteiger charge is -2.33. The highest BCUT2D eigenvalue weighted by molar-refractivity contribution is 5.89. The van der Waals surface area contributed by atoms with Crippen LogP contribution in [0, 0.1) is 0 Å². The first-order valence-electron chi connectivity index (χ1n) is 9.54. The van der Waals surface area contributed by atoms with Crippen molar-refractivity contribution in [3.8, 4) is 0 Å². The molecule has 7 nitrogen and oxygen atoms in total. The minimum absolute atomic E-state index is 0.236. The standard InChI is InChI=1S/C21H32N2O5/c1-7-16(22-20(26)28-21(3,4)5)18(24)23(17(8-2)19(25)27-6)14-15-12-10-9-11-13-15/h9-13,16-17H,7-8,14H2,1-6H3,(H,22,26). The molecule has 0 fully saturated rings. The van der Waals surface area contributed by atoms with Crippen LogP contribution in [0.15, 0.2) is 30.3 Å². The van der Waals surface area contributed by atoms with Crippen molar-refractivity contribution in [2.45, 2.75) is 71.7 Å². The maximum absolute atomic E-state index is 13.2. The molecule has 0 aliphatic carbocycles. The largest absolute Gasteiger partial charge is 0.467 e. The fraction of sp³-hybridized carbons (Fsp3) is 0.571. The van der Waals surface area contributed by atoms with Crippen molar-refractivity contribution in [2.75, 3.05) is 7.11 Å². The predicted molar refractivity (Wildman–Crippen MR) is 107 cm³/mol. The zero-order valence-corrected chi connectivity index (χ0v) is 17.7. The quantitative estimate of drug-likeness (QED) is 0.687. The summed E-state index contributed by atoms with van der Waals surface area (Å²) < 4.78 is 10.1. The average molecular weight is 392 g/mol. The Balaban J connectivity index is 3.09. The van der Waals surface area contributed by atoms with Gasteiger partial charge in [-0.25, -0.2) is 9.59 Å². The zero-order valence-electron chi connectivity index (χ0n) is 17.7. The minimum atomic E-state index is -0.808. The van der Waals surface area contributed by atoms with Gasteiger partial charge < -0.3 is 19.7 Å². The van der Waals surface area contributed by atoms with Gasteiger partial charge in [-0.1, -0.05) is 44.2 Å². The van der Waals surface area contributed by atoms with Gasteiger partial charge >= 0.3 is 12.1 Å². The molecule has 7 heteroatoms. The van der Waals surface area contributed by atoms with E-state index < -0.39 is 29.7 Å². The second kappa shape index (κ2) is 10.7. The van der Waals surface area contributed by atoms with Crippen LogP contribution in [0.1, 0.15) is 53.0 Å². The topological polar surface area (TPSA) is 84.9 Å². The number of hydrogen-bond acceptors (Lipinski definition) is 5. The molecule has 0 spiro atoms. The second-order valence-electron chi connectivity index (χ2n) is 7.51. The van der Waals surface area contributed by atoms with Crippen molar-refractivity contribution in [2.24, 2.45) is 0 Å². The summed E-state index contributed by atoms with van der Waals surface area (Å²) in [6, 6.07) is 7.83. The molecule has 2 atom stereocenters. The monoisotopic (exact) mass is 392 g/mol. The summed E-state index contributed by atoms with van der Waals surface area (Å²) in [5.74, 6) is -0.839. The van der Waals surface area contributed by atoms with Crippen LogP contribution in [-0.2, 0) is 25.6 Å². The number of esters is 1. The fourth-order valence-corrected chi connectivity index (χ4v) is 2.76. The van der Waals surface area contributed by atoms with E-state index >= 15 is 0 Å². The second-order valence-corrected chi connectivity index (χ2v) is 7.51. The maximum atomic E-state index is 13.2. The molecule has 2 amide bonds. The van der Waals surface area contributed by atoms with E-state index in [1.807, 2.05) is 37.3 Å². The van der Waals surface area contributed by atoms with Crippen LogP contribution in [0.5, 0.6) is 0 Å². The number of nitrogens with zero attached hydrogens (tertiary/aromatic N) is 1. The molecule has 0 bridgehead atoms. The minimum Gasteiger partial charge on any atom is -0.467 e. The molecule has 0 radical (unpaired) electrons. The third-order valence-electron chi connectivity index (χ3n) is 4.11. The molecular weight excluding hydrogens is 360 g/mol. The Morgan fingerprint density at radius 2 is 1.68 bits per heavy atom. The van der Waals surface area contributed by atoms with Crippen molar-refractivity contribution in [3.05, 3.63) is 35.9 Å². The van der Waals surface area contributed by atoms with Gasteiger partial charge in [0.05, 0.1) is 7.11 Å². The molecule has 156 valence electrons. The molecule has 0 saturated heterocycles. The van der Waals surface area contributed by atoms with Gasteiger partial charge in [-0.2, -0.15) is 0 Å². The summed E-state index contributed by atoms with van der Waals surface area (Å²) in [6.07, 6.45) is 0.0909. The smallest absolute Gasteiger partial charge is 0.408 e. The predicted octanol–water partition coefficient (Wildman–Crippen LogP) is 3.27. The van der Waals surface area contributed by atoms with Crippen molar-refractivity contribution < 1.29 is 23.9 Å². The summed E-state index contributed by atoms with van der Waals surface area (Å²) in [6.45, 7) is 9.10. The third kappa shape index (κ3) is 7.21. The Morgan fingerprint density at radius 3 is 2.14 bits per heavy atom. The normalized spacial score (nSPS) is 13.2. The number of methoxy groups -OCH3 is 1. The van der Waals surface area contributed by atoms with E-state index in [0.29, 0.717) is 12.8 Å². The fourth-order valence-electron chi connectivity index (χ4n) is 2.76. The summed E-state index contributed by atoms with van der Waals surface area (Å²) in [4.78, 5) is 39.1. The van der Waals surface area contributed by atoms with E-state index in [0.717, 1.165) is 5.56 Å². The zero-order chi connectivity index (χ0) is 21.3. The van der Waals surface area contributed by atoms with Crippen molar-refractivity contribution in [3.63, 3.8) is 0 Å². The number of alkyl carbamates (subject to hydrolysis) is 1. The molecule has 1 rings (SSSR count). The Morgan fingerprint density at radius 1 is 1.07 bits per heavy atom. The summed E-state index contributed by atoms with van der Waals surface area (Å²) in [5.41, 5.74) is 0.206. The van der Waals surface area contributed by atoms with Gasteiger partial charge in [-0.15, -0.1) is 0 Å². The van der Waals surface area contributed by atoms with Gasteiger partial charge in [-0.05, 0) is 39.2 Å². The molecule has 1 N–H and O–H groups in total. The Bertz CT molecular complexity index is 655. The molecule has 0 saturated carbocycles. The lowest BCUT2D eigenvalue weighted by atomic mass is 10.1. The van der Waals surface area contributed by atoms with Crippen molar-refractivity contribution in [1.29, 1.82) is 0 Å². The van der Waals surface area contributed by atoms with Gasteiger partial charge in [-0.3, -0.25) is 4.79 Å². The summed E-state index contributed by atoms with van der Waals surface area (Å²) >= 11 is 0. The van der Waals surface area contributed by atoms with E-state index in [1.54, 1.807) is 27.7 Å². The average Bonchev–Trinajstić information content (AvgIpc) is 2.64. The lowest BCUT2D eigenvalue weighted by molar-refractivity contribution is -0.154.